The number of fused-ring (bicyclic) bond motifs is 2. The second-order valence-electron chi connectivity index (χ2n) is 6.67. The van der Waals surface area contributed by atoms with Crippen LogP contribution in [0.3, 0.4) is 0 Å². The second kappa shape index (κ2) is 6.67. The van der Waals surface area contributed by atoms with Crippen LogP contribution in [0.25, 0.3) is 0 Å². The molecule has 1 atom stereocenters. The van der Waals surface area contributed by atoms with Crippen molar-refractivity contribution < 1.29 is 17.7 Å². The van der Waals surface area contributed by atoms with Crippen LogP contribution >= 0.6 is 10.3 Å². The number of hydrogen-bond donors (Lipinski definition) is 1. The SMILES string of the molecule is CN(C)CCCS1(O)c2ccccc2Cc2cc(C(F)(F)F)ccc21. The van der Waals surface area contributed by atoms with Crippen molar-refractivity contribution in [2.75, 3.05) is 26.4 Å². The molecule has 0 radical (unpaired) electrons. The summed E-state index contributed by atoms with van der Waals surface area (Å²) < 4.78 is 50.8. The number of benzene rings is 2. The molecule has 0 fully saturated rings. The van der Waals surface area contributed by atoms with Crippen molar-refractivity contribution in [2.24, 2.45) is 0 Å². The molecule has 0 spiro atoms. The molecule has 0 aliphatic carbocycles. The zero-order valence-electron chi connectivity index (χ0n) is 14.3. The van der Waals surface area contributed by atoms with Crippen molar-refractivity contribution in [3.05, 3.63) is 59.2 Å². The summed E-state index contributed by atoms with van der Waals surface area (Å²) in [6, 6.07) is 11.4. The lowest BCUT2D eigenvalue weighted by atomic mass is 10.0. The van der Waals surface area contributed by atoms with E-state index in [1.807, 2.05) is 43.3 Å². The number of hydrogen-bond acceptors (Lipinski definition) is 2. The van der Waals surface area contributed by atoms with Crippen molar-refractivity contribution in [1.29, 1.82) is 0 Å². The van der Waals surface area contributed by atoms with Gasteiger partial charge in [-0.1, -0.05) is 28.5 Å². The van der Waals surface area contributed by atoms with Gasteiger partial charge in [-0.25, -0.2) is 0 Å². The minimum absolute atomic E-state index is 0.429. The summed E-state index contributed by atoms with van der Waals surface area (Å²) in [6.45, 7) is 0.827. The van der Waals surface area contributed by atoms with Crippen molar-refractivity contribution in [3.8, 4) is 0 Å². The minimum atomic E-state index is -4.37. The van der Waals surface area contributed by atoms with E-state index in [2.05, 4.69) is 0 Å². The third-order valence-corrected chi connectivity index (χ3v) is 7.65. The third kappa shape index (κ3) is 3.57. The Kier molecular flexibility index (Phi) is 4.88. The fraction of sp³-hybridized carbons (Fsp3) is 0.368. The van der Waals surface area contributed by atoms with E-state index in [-0.39, 0.29) is 0 Å². The molecule has 1 N–H and O–H groups in total. The highest BCUT2D eigenvalue weighted by molar-refractivity contribution is 8.29. The van der Waals surface area contributed by atoms with Crippen LogP contribution in [0.5, 0.6) is 0 Å². The quantitative estimate of drug-likeness (QED) is 0.795. The largest absolute Gasteiger partial charge is 0.416 e. The van der Waals surface area contributed by atoms with E-state index in [0.29, 0.717) is 22.6 Å². The van der Waals surface area contributed by atoms with Crippen molar-refractivity contribution >= 4 is 10.3 Å². The van der Waals surface area contributed by atoms with Gasteiger partial charge in [0.1, 0.15) is 0 Å². The number of alkyl halides is 3. The van der Waals surface area contributed by atoms with Crippen LogP contribution in [0, 0.1) is 0 Å². The first-order valence-electron chi connectivity index (χ1n) is 8.18. The van der Waals surface area contributed by atoms with Gasteiger partial charge in [-0.3, -0.25) is 0 Å². The van der Waals surface area contributed by atoms with Crippen molar-refractivity contribution in [2.45, 2.75) is 28.8 Å². The van der Waals surface area contributed by atoms with Gasteiger partial charge in [0.2, 0.25) is 0 Å². The molecular weight excluding hydrogens is 347 g/mol. The van der Waals surface area contributed by atoms with E-state index in [9.17, 15) is 17.7 Å². The predicted octanol–water partition coefficient (Wildman–Crippen LogP) is 5.26. The summed E-state index contributed by atoms with van der Waals surface area (Å²) in [5.74, 6) is 0.556. The number of nitrogens with zero attached hydrogens (tertiary/aromatic N) is 1. The smallest absolute Gasteiger partial charge is 0.343 e. The number of halogens is 3. The third-order valence-electron chi connectivity index (χ3n) is 4.51. The molecule has 0 saturated carbocycles. The summed E-state index contributed by atoms with van der Waals surface area (Å²) >= 11 is 0. The Labute approximate surface area is 147 Å². The van der Waals surface area contributed by atoms with Crippen LogP contribution in [0.2, 0.25) is 0 Å². The Morgan fingerprint density at radius 2 is 1.72 bits per heavy atom. The molecule has 0 aromatic heterocycles. The molecule has 1 heterocycles. The molecule has 0 bridgehead atoms. The van der Waals surface area contributed by atoms with Gasteiger partial charge in [-0.2, -0.15) is 13.2 Å². The molecule has 2 aromatic carbocycles. The van der Waals surface area contributed by atoms with Gasteiger partial charge in [0.15, 0.2) is 0 Å². The zero-order chi connectivity index (χ0) is 18.2. The second-order valence-corrected chi connectivity index (χ2v) is 9.36. The Morgan fingerprint density at radius 3 is 2.40 bits per heavy atom. The molecular formula is C19H22F3NOS. The highest BCUT2D eigenvalue weighted by Crippen LogP contribution is 2.64. The van der Waals surface area contributed by atoms with Gasteiger partial charge in [0.05, 0.1) is 5.56 Å². The van der Waals surface area contributed by atoms with Crippen LogP contribution in [-0.2, 0) is 12.6 Å². The average Bonchev–Trinajstić information content (AvgIpc) is 2.53. The first-order chi connectivity index (χ1) is 11.7. The predicted molar refractivity (Wildman–Crippen MR) is 95.5 cm³/mol. The number of rotatable bonds is 4. The first kappa shape index (κ1) is 18.3. The van der Waals surface area contributed by atoms with Gasteiger partial charge >= 0.3 is 6.18 Å². The molecule has 0 amide bonds. The molecule has 1 unspecified atom stereocenters. The Morgan fingerprint density at radius 1 is 1.04 bits per heavy atom. The normalized spacial score (nSPS) is 22.2. The average molecular weight is 369 g/mol. The molecule has 136 valence electrons. The van der Waals surface area contributed by atoms with E-state index in [1.165, 1.54) is 12.1 Å². The monoisotopic (exact) mass is 369 g/mol. The molecule has 2 aromatic rings. The molecule has 3 rings (SSSR count). The van der Waals surface area contributed by atoms with Crippen molar-refractivity contribution in [1.82, 2.24) is 4.90 Å². The lowest BCUT2D eigenvalue weighted by molar-refractivity contribution is -0.137. The standard InChI is InChI=1S/C19H22F3NOS/c1-23(2)10-5-11-25(24)17-7-4-3-6-14(17)12-15-13-16(19(20,21)22)8-9-18(15)25/h3-4,6-9,13,24H,5,10-12H2,1-2H3. The van der Waals surface area contributed by atoms with Gasteiger partial charge < -0.3 is 9.45 Å². The fourth-order valence-corrected chi connectivity index (χ4v) is 6.30. The van der Waals surface area contributed by atoms with E-state index < -0.39 is 22.0 Å². The maximum Gasteiger partial charge on any atom is 0.416 e. The molecule has 2 nitrogen and oxygen atoms in total. The van der Waals surface area contributed by atoms with Crippen LogP contribution in [-0.4, -0.2) is 35.8 Å². The minimum Gasteiger partial charge on any atom is -0.343 e. The van der Waals surface area contributed by atoms with Crippen LogP contribution in [0.15, 0.2) is 52.3 Å². The lowest BCUT2D eigenvalue weighted by Crippen LogP contribution is -2.20. The Hall–Kier alpha value is -1.50. The topological polar surface area (TPSA) is 23.5 Å². The first-order valence-corrected chi connectivity index (χ1v) is 9.94. The van der Waals surface area contributed by atoms with E-state index in [0.717, 1.165) is 29.5 Å². The van der Waals surface area contributed by atoms with Gasteiger partial charge in [-0.05, 0) is 68.9 Å². The van der Waals surface area contributed by atoms with E-state index in [4.69, 9.17) is 0 Å². The lowest BCUT2D eigenvalue weighted by Gasteiger charge is -2.41. The summed E-state index contributed by atoms with van der Waals surface area (Å²) in [5.41, 5.74) is 0.869. The van der Waals surface area contributed by atoms with Gasteiger partial charge in [0, 0.05) is 15.5 Å². The molecule has 0 saturated heterocycles. The van der Waals surface area contributed by atoms with Gasteiger partial charge in [-0.15, -0.1) is 0 Å². The molecule has 1 aliphatic rings. The van der Waals surface area contributed by atoms with Crippen LogP contribution in [0.4, 0.5) is 13.2 Å². The van der Waals surface area contributed by atoms with Crippen molar-refractivity contribution in [3.63, 3.8) is 0 Å². The summed E-state index contributed by atoms with van der Waals surface area (Å²) in [4.78, 5) is 3.62. The maximum absolute atomic E-state index is 13.1. The molecule has 6 heteroatoms. The van der Waals surface area contributed by atoms with E-state index >= 15 is 0 Å². The zero-order valence-corrected chi connectivity index (χ0v) is 15.1. The Bertz CT molecular complexity index is 776. The highest BCUT2D eigenvalue weighted by atomic mass is 32.3. The summed E-state index contributed by atoms with van der Waals surface area (Å²) in [6.07, 6.45) is -3.16. The van der Waals surface area contributed by atoms with Crippen LogP contribution < -0.4 is 0 Å². The summed E-state index contributed by atoms with van der Waals surface area (Å²) in [5, 5.41) is 0. The van der Waals surface area contributed by atoms with Gasteiger partial charge in [0.25, 0.3) is 0 Å². The Balaban J connectivity index is 2.06. The highest BCUT2D eigenvalue weighted by Gasteiger charge is 2.37. The fourth-order valence-electron chi connectivity index (χ4n) is 3.34. The van der Waals surface area contributed by atoms with E-state index in [1.54, 1.807) is 0 Å². The molecule has 25 heavy (non-hydrogen) atoms. The van der Waals surface area contributed by atoms with Crippen LogP contribution in [0.1, 0.15) is 23.1 Å². The maximum atomic E-state index is 13.1. The summed E-state index contributed by atoms with van der Waals surface area (Å²) in [7, 11) is 1.63. The molecule has 1 aliphatic heterocycles.